The second-order valence-electron chi connectivity index (χ2n) is 2.29. The summed E-state index contributed by atoms with van der Waals surface area (Å²) in [5.41, 5.74) is 0.314. The quantitative estimate of drug-likeness (QED) is 0.654. The predicted molar refractivity (Wildman–Crippen MR) is 46.2 cm³/mol. The maximum absolute atomic E-state index is 8.53. The third-order valence-corrected chi connectivity index (χ3v) is 1.33. The summed E-state index contributed by atoms with van der Waals surface area (Å²) in [5.74, 6) is 0. The van der Waals surface area contributed by atoms with Crippen LogP contribution < -0.4 is 10.1 Å². The van der Waals surface area contributed by atoms with Crippen molar-refractivity contribution in [2.75, 3.05) is 20.2 Å². The zero-order chi connectivity index (χ0) is 9.52. The van der Waals surface area contributed by atoms with Crippen molar-refractivity contribution in [3.05, 3.63) is 18.0 Å². The number of hydrogen-bond acceptors (Lipinski definition) is 5. The van der Waals surface area contributed by atoms with Gasteiger partial charge in [-0.15, -0.1) is 0 Å². The van der Waals surface area contributed by atoms with E-state index >= 15 is 0 Å². The van der Waals surface area contributed by atoms with Gasteiger partial charge in [0.2, 0.25) is 0 Å². The smallest absolute Gasteiger partial charge is 0.317 e. The van der Waals surface area contributed by atoms with Crippen LogP contribution >= 0.6 is 0 Å². The van der Waals surface area contributed by atoms with Crippen LogP contribution in [0, 0.1) is 11.3 Å². The van der Waals surface area contributed by atoms with Gasteiger partial charge in [0.1, 0.15) is 18.4 Å². The van der Waals surface area contributed by atoms with Crippen molar-refractivity contribution in [2.24, 2.45) is 0 Å². The summed E-state index contributed by atoms with van der Waals surface area (Å²) in [7, 11) is 1.83. The average Bonchev–Trinajstić information content (AvgIpc) is 2.19. The second kappa shape index (κ2) is 5.06. The van der Waals surface area contributed by atoms with Crippen LogP contribution in [0.1, 0.15) is 5.69 Å². The van der Waals surface area contributed by atoms with E-state index in [4.69, 9.17) is 10.00 Å². The fourth-order valence-corrected chi connectivity index (χ4v) is 0.717. The first-order valence-electron chi connectivity index (χ1n) is 3.87. The molecular formula is C8H10N4O. The van der Waals surface area contributed by atoms with E-state index in [-0.39, 0.29) is 6.01 Å². The topological polar surface area (TPSA) is 70.8 Å². The van der Waals surface area contributed by atoms with Crippen LogP contribution in [0.5, 0.6) is 6.01 Å². The molecule has 1 heterocycles. The highest BCUT2D eigenvalue weighted by molar-refractivity contribution is 5.19. The molecule has 0 bridgehead atoms. The van der Waals surface area contributed by atoms with E-state index in [9.17, 15) is 0 Å². The van der Waals surface area contributed by atoms with Gasteiger partial charge in [-0.25, -0.2) is 4.98 Å². The molecule has 0 amide bonds. The molecule has 0 saturated carbocycles. The molecule has 1 aromatic heterocycles. The van der Waals surface area contributed by atoms with Crippen molar-refractivity contribution in [3.63, 3.8) is 0 Å². The lowest BCUT2D eigenvalue weighted by Crippen LogP contribution is -2.16. The van der Waals surface area contributed by atoms with Crippen LogP contribution in [0.15, 0.2) is 12.3 Å². The number of nitrogens with zero attached hydrogens (tertiary/aromatic N) is 3. The summed E-state index contributed by atoms with van der Waals surface area (Å²) in [6.45, 7) is 1.21. The van der Waals surface area contributed by atoms with Crippen LogP contribution in [-0.2, 0) is 0 Å². The Morgan fingerprint density at radius 3 is 3.23 bits per heavy atom. The molecule has 0 aliphatic rings. The van der Waals surface area contributed by atoms with Gasteiger partial charge in [-0.1, -0.05) is 0 Å². The number of nitrogens with one attached hydrogen (secondary N) is 1. The first-order chi connectivity index (χ1) is 6.36. The Balaban J connectivity index is 2.52. The number of ether oxygens (including phenoxy) is 1. The van der Waals surface area contributed by atoms with Gasteiger partial charge >= 0.3 is 6.01 Å². The molecule has 0 unspecified atom stereocenters. The molecule has 13 heavy (non-hydrogen) atoms. The van der Waals surface area contributed by atoms with E-state index in [0.717, 1.165) is 6.54 Å². The summed E-state index contributed by atoms with van der Waals surface area (Å²) in [4.78, 5) is 7.69. The van der Waals surface area contributed by atoms with Crippen LogP contribution in [0.3, 0.4) is 0 Å². The average molecular weight is 178 g/mol. The molecule has 0 atom stereocenters. The molecule has 0 saturated heterocycles. The van der Waals surface area contributed by atoms with Crippen molar-refractivity contribution in [1.29, 1.82) is 5.26 Å². The molecule has 0 aromatic carbocycles. The summed E-state index contributed by atoms with van der Waals surface area (Å²) in [6.07, 6.45) is 1.50. The van der Waals surface area contributed by atoms with E-state index in [1.807, 2.05) is 13.1 Å². The number of aromatic nitrogens is 2. The Labute approximate surface area is 76.4 Å². The van der Waals surface area contributed by atoms with Crippen molar-refractivity contribution >= 4 is 0 Å². The SMILES string of the molecule is CNCCOc1nccc(C#N)n1. The van der Waals surface area contributed by atoms with E-state index in [1.54, 1.807) is 0 Å². The van der Waals surface area contributed by atoms with Gasteiger partial charge < -0.3 is 10.1 Å². The van der Waals surface area contributed by atoms with Crippen LogP contribution in [-0.4, -0.2) is 30.2 Å². The Morgan fingerprint density at radius 1 is 1.69 bits per heavy atom. The monoisotopic (exact) mass is 178 g/mol. The molecule has 0 aliphatic carbocycles. The van der Waals surface area contributed by atoms with Crippen molar-refractivity contribution < 1.29 is 4.74 Å². The van der Waals surface area contributed by atoms with Crippen molar-refractivity contribution in [3.8, 4) is 12.1 Å². The molecular weight excluding hydrogens is 168 g/mol. The van der Waals surface area contributed by atoms with Gasteiger partial charge in [-0.2, -0.15) is 10.2 Å². The summed E-state index contributed by atoms with van der Waals surface area (Å²) >= 11 is 0. The zero-order valence-electron chi connectivity index (χ0n) is 7.32. The first-order valence-corrected chi connectivity index (χ1v) is 3.87. The predicted octanol–water partition coefficient (Wildman–Crippen LogP) is -0.0535. The summed E-state index contributed by atoms with van der Waals surface area (Å²) in [6, 6.07) is 3.69. The van der Waals surface area contributed by atoms with Crippen LogP contribution in [0.25, 0.3) is 0 Å². The fraction of sp³-hybridized carbons (Fsp3) is 0.375. The second-order valence-corrected chi connectivity index (χ2v) is 2.29. The molecule has 5 heteroatoms. The Kier molecular flexibility index (Phi) is 3.67. The minimum absolute atomic E-state index is 0.245. The maximum atomic E-state index is 8.53. The lowest BCUT2D eigenvalue weighted by atomic mass is 10.4. The van der Waals surface area contributed by atoms with Gasteiger partial charge in [0.25, 0.3) is 0 Å². The molecule has 0 spiro atoms. The highest BCUT2D eigenvalue weighted by Gasteiger charge is 1.97. The number of rotatable bonds is 4. The van der Waals surface area contributed by atoms with E-state index in [0.29, 0.717) is 12.3 Å². The lowest BCUT2D eigenvalue weighted by Gasteiger charge is -2.02. The Bertz CT molecular complexity index is 307. The fourth-order valence-electron chi connectivity index (χ4n) is 0.717. The summed E-state index contributed by atoms with van der Waals surface area (Å²) in [5, 5.41) is 11.4. The van der Waals surface area contributed by atoms with Crippen molar-refractivity contribution in [1.82, 2.24) is 15.3 Å². The largest absolute Gasteiger partial charge is 0.462 e. The van der Waals surface area contributed by atoms with Gasteiger partial charge in [-0.05, 0) is 13.1 Å². The van der Waals surface area contributed by atoms with E-state index in [1.165, 1.54) is 12.3 Å². The molecule has 0 radical (unpaired) electrons. The maximum Gasteiger partial charge on any atom is 0.317 e. The summed E-state index contributed by atoms with van der Waals surface area (Å²) < 4.78 is 5.15. The molecule has 1 N–H and O–H groups in total. The van der Waals surface area contributed by atoms with Crippen LogP contribution in [0.4, 0.5) is 0 Å². The van der Waals surface area contributed by atoms with Gasteiger partial charge in [0.05, 0.1) is 0 Å². The van der Waals surface area contributed by atoms with Crippen molar-refractivity contribution in [2.45, 2.75) is 0 Å². The Hall–Kier alpha value is -1.67. The molecule has 1 aromatic rings. The highest BCUT2D eigenvalue weighted by Crippen LogP contribution is 2.00. The molecule has 0 fully saturated rings. The first kappa shape index (κ1) is 9.42. The zero-order valence-corrected chi connectivity index (χ0v) is 7.32. The van der Waals surface area contributed by atoms with Crippen LogP contribution in [0.2, 0.25) is 0 Å². The minimum Gasteiger partial charge on any atom is -0.462 e. The molecule has 5 nitrogen and oxygen atoms in total. The molecule has 68 valence electrons. The van der Waals surface area contributed by atoms with E-state index in [2.05, 4.69) is 15.3 Å². The number of hydrogen-bond donors (Lipinski definition) is 1. The standard InChI is InChI=1S/C8H10N4O/c1-10-4-5-13-8-11-3-2-7(6-9)12-8/h2-3,10H,4-5H2,1H3. The third-order valence-electron chi connectivity index (χ3n) is 1.33. The van der Waals surface area contributed by atoms with Gasteiger partial charge in [0.15, 0.2) is 0 Å². The Morgan fingerprint density at radius 2 is 2.54 bits per heavy atom. The lowest BCUT2D eigenvalue weighted by molar-refractivity contribution is 0.293. The normalized spacial score (nSPS) is 9.23. The minimum atomic E-state index is 0.245. The highest BCUT2D eigenvalue weighted by atomic mass is 16.5. The van der Waals surface area contributed by atoms with Gasteiger partial charge in [0, 0.05) is 12.7 Å². The van der Waals surface area contributed by atoms with E-state index < -0.39 is 0 Å². The molecule has 1 rings (SSSR count). The molecule has 0 aliphatic heterocycles. The number of nitriles is 1. The third kappa shape index (κ3) is 3.05. The van der Waals surface area contributed by atoms with Gasteiger partial charge in [-0.3, -0.25) is 0 Å². The number of likely N-dealkylation sites (N-methyl/N-ethyl adjacent to an activating group) is 1.